The van der Waals surface area contributed by atoms with Crippen molar-refractivity contribution in [2.45, 2.75) is 12.8 Å². The Morgan fingerprint density at radius 3 is 2.85 bits per heavy atom. The van der Waals surface area contributed by atoms with Crippen molar-refractivity contribution in [1.29, 1.82) is 0 Å². The fourth-order valence-corrected chi connectivity index (χ4v) is 0.873. The molecule has 0 radical (unpaired) electrons. The molecule has 0 unspecified atom stereocenters. The zero-order chi connectivity index (χ0) is 9.68. The Labute approximate surface area is 75.8 Å². The summed E-state index contributed by atoms with van der Waals surface area (Å²) in [6, 6.07) is 3.05. The molecular weight excluding hydrogens is 168 g/mol. The molecule has 0 fully saturated rings. The van der Waals surface area contributed by atoms with E-state index < -0.39 is 4.92 Å². The summed E-state index contributed by atoms with van der Waals surface area (Å²) < 4.78 is 0. The lowest BCUT2D eigenvalue weighted by molar-refractivity contribution is -0.385. The summed E-state index contributed by atoms with van der Waals surface area (Å²) in [6.45, 7) is 0. The lowest BCUT2D eigenvalue weighted by atomic mass is 10.2. The summed E-state index contributed by atoms with van der Waals surface area (Å²) in [6.07, 6.45) is 7.57. The highest BCUT2D eigenvalue weighted by Crippen LogP contribution is 2.09. The zero-order valence-electron chi connectivity index (χ0n) is 6.93. The third kappa shape index (κ3) is 2.56. The van der Waals surface area contributed by atoms with Crippen LogP contribution in [0.3, 0.4) is 0 Å². The van der Waals surface area contributed by atoms with E-state index in [2.05, 4.69) is 10.9 Å². The van der Waals surface area contributed by atoms with E-state index in [-0.39, 0.29) is 5.69 Å². The quantitative estimate of drug-likeness (QED) is 0.399. The van der Waals surface area contributed by atoms with E-state index in [1.807, 2.05) is 0 Å². The van der Waals surface area contributed by atoms with Gasteiger partial charge in [-0.1, -0.05) is 0 Å². The molecule has 13 heavy (non-hydrogen) atoms. The van der Waals surface area contributed by atoms with Gasteiger partial charge in [0.2, 0.25) is 0 Å². The molecule has 4 nitrogen and oxygen atoms in total. The first-order valence-electron chi connectivity index (χ1n) is 3.77. The monoisotopic (exact) mass is 176 g/mol. The number of hydrogen-bond donors (Lipinski definition) is 0. The molecule has 0 spiro atoms. The van der Waals surface area contributed by atoms with Crippen molar-refractivity contribution in [2.24, 2.45) is 0 Å². The van der Waals surface area contributed by atoms with Gasteiger partial charge in [0.05, 0.1) is 4.92 Å². The largest absolute Gasteiger partial charge is 0.287 e. The maximum Gasteiger partial charge on any atom is 0.287 e. The van der Waals surface area contributed by atoms with Gasteiger partial charge in [0.25, 0.3) is 5.69 Å². The van der Waals surface area contributed by atoms with Crippen molar-refractivity contribution < 1.29 is 4.92 Å². The van der Waals surface area contributed by atoms with Crippen LogP contribution in [0.4, 0.5) is 5.69 Å². The second-order valence-corrected chi connectivity index (χ2v) is 2.47. The fourth-order valence-electron chi connectivity index (χ4n) is 0.873. The Kier molecular flexibility index (Phi) is 2.98. The second-order valence-electron chi connectivity index (χ2n) is 2.47. The van der Waals surface area contributed by atoms with Gasteiger partial charge in [-0.05, 0) is 6.07 Å². The van der Waals surface area contributed by atoms with E-state index in [1.54, 1.807) is 6.07 Å². The van der Waals surface area contributed by atoms with Crippen LogP contribution in [0.15, 0.2) is 18.3 Å². The predicted octanol–water partition coefficient (Wildman–Crippen LogP) is 1.56. The Morgan fingerprint density at radius 1 is 1.62 bits per heavy atom. The minimum atomic E-state index is -0.474. The molecule has 66 valence electrons. The van der Waals surface area contributed by atoms with Gasteiger partial charge in [0.15, 0.2) is 0 Å². The van der Waals surface area contributed by atoms with Crippen LogP contribution in [-0.4, -0.2) is 9.91 Å². The molecular formula is C9H8N2O2. The molecule has 0 N–H and O–H groups in total. The van der Waals surface area contributed by atoms with Crippen LogP contribution >= 0.6 is 0 Å². The van der Waals surface area contributed by atoms with Gasteiger partial charge in [-0.2, -0.15) is 0 Å². The second kappa shape index (κ2) is 4.21. The minimum absolute atomic E-state index is 0.00413. The maximum absolute atomic E-state index is 10.3. The van der Waals surface area contributed by atoms with Crippen LogP contribution < -0.4 is 0 Å². The third-order valence-corrected chi connectivity index (χ3v) is 1.55. The van der Waals surface area contributed by atoms with Crippen molar-refractivity contribution in [3.05, 3.63) is 34.1 Å². The third-order valence-electron chi connectivity index (χ3n) is 1.55. The first-order valence-corrected chi connectivity index (χ1v) is 3.77. The topological polar surface area (TPSA) is 56.0 Å². The zero-order valence-corrected chi connectivity index (χ0v) is 6.93. The number of nitro groups is 1. The molecule has 0 aliphatic rings. The molecule has 1 aromatic heterocycles. The normalized spacial score (nSPS) is 9.15. The summed E-state index contributed by atoms with van der Waals surface area (Å²) in [5.41, 5.74) is 0.785. The van der Waals surface area contributed by atoms with Crippen molar-refractivity contribution in [2.75, 3.05) is 0 Å². The highest BCUT2D eigenvalue weighted by molar-refractivity contribution is 5.26. The van der Waals surface area contributed by atoms with E-state index in [9.17, 15) is 10.1 Å². The van der Waals surface area contributed by atoms with Crippen molar-refractivity contribution in [3.8, 4) is 12.3 Å². The van der Waals surface area contributed by atoms with Gasteiger partial charge in [-0.3, -0.25) is 15.1 Å². The molecule has 0 amide bonds. The molecule has 0 aliphatic heterocycles. The van der Waals surface area contributed by atoms with E-state index in [0.29, 0.717) is 12.8 Å². The van der Waals surface area contributed by atoms with Gasteiger partial charge in [-0.15, -0.1) is 12.3 Å². The van der Waals surface area contributed by atoms with E-state index >= 15 is 0 Å². The summed E-state index contributed by atoms with van der Waals surface area (Å²) in [5.74, 6) is 2.48. The fraction of sp³-hybridized carbons (Fsp3) is 0.222. The Hall–Kier alpha value is -1.89. The first kappa shape index (κ1) is 9.20. The standard InChI is InChI=1S/C9H8N2O2/c1-2-3-4-8-5-6-9(7-10-8)11(12)13/h1,5-7H,3-4H2. The van der Waals surface area contributed by atoms with Crippen LogP contribution in [-0.2, 0) is 6.42 Å². The lowest BCUT2D eigenvalue weighted by Crippen LogP contribution is -1.92. The number of rotatable bonds is 3. The predicted molar refractivity (Wildman–Crippen MR) is 48.0 cm³/mol. The molecule has 0 aromatic carbocycles. The highest BCUT2D eigenvalue weighted by atomic mass is 16.6. The van der Waals surface area contributed by atoms with Crippen LogP contribution in [0, 0.1) is 22.5 Å². The smallest absolute Gasteiger partial charge is 0.258 e. The molecule has 0 saturated heterocycles. The van der Waals surface area contributed by atoms with E-state index in [0.717, 1.165) is 5.69 Å². The van der Waals surface area contributed by atoms with E-state index in [4.69, 9.17) is 6.42 Å². The van der Waals surface area contributed by atoms with Crippen molar-refractivity contribution >= 4 is 5.69 Å². The first-order chi connectivity index (χ1) is 6.24. The number of aromatic nitrogens is 1. The van der Waals surface area contributed by atoms with Crippen LogP contribution in [0.2, 0.25) is 0 Å². The molecule has 0 atom stereocenters. The molecule has 0 aliphatic carbocycles. The molecule has 0 bridgehead atoms. The number of nitrogens with zero attached hydrogens (tertiary/aromatic N) is 2. The molecule has 1 rings (SSSR count). The van der Waals surface area contributed by atoms with Gasteiger partial charge >= 0.3 is 0 Å². The van der Waals surface area contributed by atoms with E-state index in [1.165, 1.54) is 12.3 Å². The Balaban J connectivity index is 2.71. The SMILES string of the molecule is C#CCCc1ccc([N+](=O)[O-])cn1. The van der Waals surface area contributed by atoms with Gasteiger partial charge in [0.1, 0.15) is 6.20 Å². The lowest BCUT2D eigenvalue weighted by Gasteiger charge is -1.95. The van der Waals surface area contributed by atoms with Crippen LogP contribution in [0.5, 0.6) is 0 Å². The maximum atomic E-state index is 10.3. The number of pyridine rings is 1. The summed E-state index contributed by atoms with van der Waals surface area (Å²) in [7, 11) is 0. The van der Waals surface area contributed by atoms with Crippen LogP contribution in [0.25, 0.3) is 0 Å². The van der Waals surface area contributed by atoms with Crippen LogP contribution in [0.1, 0.15) is 12.1 Å². The minimum Gasteiger partial charge on any atom is -0.258 e. The van der Waals surface area contributed by atoms with Gasteiger partial charge in [-0.25, -0.2) is 0 Å². The van der Waals surface area contributed by atoms with Crippen molar-refractivity contribution in [1.82, 2.24) is 4.98 Å². The molecule has 0 saturated carbocycles. The Bertz CT molecular complexity index is 338. The Morgan fingerprint density at radius 2 is 2.38 bits per heavy atom. The number of hydrogen-bond acceptors (Lipinski definition) is 3. The van der Waals surface area contributed by atoms with Crippen molar-refractivity contribution in [3.63, 3.8) is 0 Å². The number of aryl methyl sites for hydroxylation is 1. The summed E-state index contributed by atoms with van der Waals surface area (Å²) in [5, 5.41) is 10.3. The molecule has 1 aromatic rings. The summed E-state index contributed by atoms with van der Waals surface area (Å²) in [4.78, 5) is 13.7. The number of terminal acetylenes is 1. The van der Waals surface area contributed by atoms with Gasteiger partial charge < -0.3 is 0 Å². The highest BCUT2D eigenvalue weighted by Gasteiger charge is 2.04. The molecule has 4 heteroatoms. The average Bonchev–Trinajstić information content (AvgIpc) is 2.15. The summed E-state index contributed by atoms with van der Waals surface area (Å²) >= 11 is 0. The average molecular weight is 176 g/mol. The van der Waals surface area contributed by atoms with Gasteiger partial charge in [0, 0.05) is 24.6 Å². The molecule has 1 heterocycles.